The minimum absolute atomic E-state index is 0.407. The van der Waals surface area contributed by atoms with Crippen LogP contribution in [-0.2, 0) is 6.54 Å². The SMILES string of the molecule is CC1CCCC1CNCc1ccccc1C(=O)O. The summed E-state index contributed by atoms with van der Waals surface area (Å²) in [4.78, 5) is 11.1. The summed E-state index contributed by atoms with van der Waals surface area (Å²) in [6.07, 6.45) is 3.96. The summed E-state index contributed by atoms with van der Waals surface area (Å²) in [6, 6.07) is 7.21. The molecule has 1 aliphatic rings. The lowest BCUT2D eigenvalue weighted by atomic mass is 9.98. The van der Waals surface area contributed by atoms with Gasteiger partial charge in [-0.15, -0.1) is 0 Å². The predicted molar refractivity (Wildman–Crippen MR) is 71.6 cm³/mol. The number of carbonyl (C=O) groups is 1. The van der Waals surface area contributed by atoms with Crippen LogP contribution in [0.15, 0.2) is 24.3 Å². The lowest BCUT2D eigenvalue weighted by Gasteiger charge is -2.16. The highest BCUT2D eigenvalue weighted by Gasteiger charge is 2.22. The van der Waals surface area contributed by atoms with Crippen molar-refractivity contribution in [1.82, 2.24) is 5.32 Å². The summed E-state index contributed by atoms with van der Waals surface area (Å²) in [5.41, 5.74) is 1.28. The zero-order chi connectivity index (χ0) is 13.0. The molecule has 3 nitrogen and oxygen atoms in total. The highest BCUT2D eigenvalue weighted by atomic mass is 16.4. The van der Waals surface area contributed by atoms with Gasteiger partial charge in [-0.2, -0.15) is 0 Å². The van der Waals surface area contributed by atoms with Gasteiger partial charge in [0.2, 0.25) is 0 Å². The second-order valence-electron chi connectivity index (χ2n) is 5.26. The van der Waals surface area contributed by atoms with Crippen LogP contribution in [0.4, 0.5) is 0 Å². The molecule has 18 heavy (non-hydrogen) atoms. The number of hydrogen-bond donors (Lipinski definition) is 2. The van der Waals surface area contributed by atoms with E-state index < -0.39 is 5.97 Å². The van der Waals surface area contributed by atoms with Crippen LogP contribution in [0.2, 0.25) is 0 Å². The maximum absolute atomic E-state index is 11.1. The number of carboxylic acids is 1. The Morgan fingerprint density at radius 3 is 2.83 bits per heavy atom. The summed E-state index contributed by atoms with van der Waals surface area (Å²) in [7, 11) is 0. The predicted octanol–water partition coefficient (Wildman–Crippen LogP) is 2.91. The van der Waals surface area contributed by atoms with E-state index in [1.54, 1.807) is 12.1 Å². The van der Waals surface area contributed by atoms with Crippen LogP contribution < -0.4 is 5.32 Å². The fourth-order valence-electron chi connectivity index (χ4n) is 2.80. The number of nitrogens with one attached hydrogen (secondary N) is 1. The maximum atomic E-state index is 11.1. The van der Waals surface area contributed by atoms with Crippen molar-refractivity contribution < 1.29 is 9.90 Å². The Balaban J connectivity index is 1.88. The van der Waals surface area contributed by atoms with E-state index in [1.165, 1.54) is 19.3 Å². The zero-order valence-electron chi connectivity index (χ0n) is 10.9. The normalized spacial score (nSPS) is 23.2. The van der Waals surface area contributed by atoms with Crippen LogP contribution in [0.3, 0.4) is 0 Å². The average molecular weight is 247 g/mol. The zero-order valence-corrected chi connectivity index (χ0v) is 10.9. The molecule has 0 radical (unpaired) electrons. The van der Waals surface area contributed by atoms with Crippen molar-refractivity contribution in [2.24, 2.45) is 11.8 Å². The molecule has 0 aromatic heterocycles. The van der Waals surface area contributed by atoms with E-state index >= 15 is 0 Å². The lowest BCUT2D eigenvalue weighted by Crippen LogP contribution is -2.24. The molecule has 1 fully saturated rings. The molecule has 2 rings (SSSR count). The Labute approximate surface area is 108 Å². The molecular weight excluding hydrogens is 226 g/mol. The smallest absolute Gasteiger partial charge is 0.336 e. The van der Waals surface area contributed by atoms with Gasteiger partial charge in [-0.1, -0.05) is 38.0 Å². The molecule has 1 saturated carbocycles. The maximum Gasteiger partial charge on any atom is 0.336 e. The van der Waals surface area contributed by atoms with Crippen LogP contribution >= 0.6 is 0 Å². The largest absolute Gasteiger partial charge is 0.478 e. The van der Waals surface area contributed by atoms with Crippen LogP contribution in [0, 0.1) is 11.8 Å². The standard InChI is InChI=1S/C15H21NO2/c1-11-5-4-7-12(11)9-16-10-13-6-2-3-8-14(13)15(17)18/h2-3,6,8,11-12,16H,4-5,7,9-10H2,1H3,(H,17,18). The first-order valence-corrected chi connectivity index (χ1v) is 6.70. The molecule has 0 heterocycles. The number of rotatable bonds is 5. The Morgan fingerprint density at radius 1 is 1.39 bits per heavy atom. The molecule has 0 amide bonds. The quantitative estimate of drug-likeness (QED) is 0.841. The van der Waals surface area contributed by atoms with E-state index in [0.29, 0.717) is 12.1 Å². The molecule has 1 aromatic rings. The van der Waals surface area contributed by atoms with Gasteiger partial charge in [0.1, 0.15) is 0 Å². The minimum atomic E-state index is -0.846. The van der Waals surface area contributed by atoms with Crippen LogP contribution in [0.1, 0.15) is 42.1 Å². The van der Waals surface area contributed by atoms with Crippen molar-refractivity contribution in [3.8, 4) is 0 Å². The molecule has 0 saturated heterocycles. The summed E-state index contributed by atoms with van der Waals surface area (Å²) in [6.45, 7) is 3.95. The third kappa shape index (κ3) is 3.10. The van der Waals surface area contributed by atoms with Gasteiger partial charge >= 0.3 is 5.97 Å². The van der Waals surface area contributed by atoms with E-state index in [1.807, 2.05) is 12.1 Å². The molecule has 0 aliphatic heterocycles. The van der Waals surface area contributed by atoms with Crippen molar-refractivity contribution in [3.05, 3.63) is 35.4 Å². The van der Waals surface area contributed by atoms with E-state index in [0.717, 1.165) is 23.9 Å². The molecule has 1 aliphatic carbocycles. The summed E-state index contributed by atoms with van der Waals surface area (Å²) < 4.78 is 0. The Hall–Kier alpha value is -1.35. The van der Waals surface area contributed by atoms with Crippen LogP contribution in [0.25, 0.3) is 0 Å². The van der Waals surface area contributed by atoms with Crippen molar-refractivity contribution >= 4 is 5.97 Å². The summed E-state index contributed by atoms with van der Waals surface area (Å²) in [5.74, 6) is 0.704. The van der Waals surface area contributed by atoms with Crippen LogP contribution in [0.5, 0.6) is 0 Å². The minimum Gasteiger partial charge on any atom is -0.478 e. The Morgan fingerprint density at radius 2 is 2.17 bits per heavy atom. The fourth-order valence-corrected chi connectivity index (χ4v) is 2.80. The van der Waals surface area contributed by atoms with E-state index in [4.69, 9.17) is 5.11 Å². The third-order valence-corrected chi connectivity index (χ3v) is 4.01. The van der Waals surface area contributed by atoms with E-state index in [9.17, 15) is 4.79 Å². The van der Waals surface area contributed by atoms with Gasteiger partial charge < -0.3 is 10.4 Å². The summed E-state index contributed by atoms with van der Waals surface area (Å²) >= 11 is 0. The van der Waals surface area contributed by atoms with Gasteiger partial charge in [0.05, 0.1) is 5.56 Å². The lowest BCUT2D eigenvalue weighted by molar-refractivity contribution is 0.0695. The molecular formula is C15H21NO2. The van der Waals surface area contributed by atoms with Crippen LogP contribution in [-0.4, -0.2) is 17.6 Å². The van der Waals surface area contributed by atoms with Gasteiger partial charge in [0.15, 0.2) is 0 Å². The van der Waals surface area contributed by atoms with Gasteiger partial charge in [0.25, 0.3) is 0 Å². The molecule has 2 atom stereocenters. The van der Waals surface area contributed by atoms with Gasteiger partial charge in [-0.3, -0.25) is 0 Å². The second-order valence-corrected chi connectivity index (χ2v) is 5.26. The van der Waals surface area contributed by atoms with E-state index in [-0.39, 0.29) is 0 Å². The van der Waals surface area contributed by atoms with Gasteiger partial charge in [-0.25, -0.2) is 4.79 Å². The molecule has 0 bridgehead atoms. The third-order valence-electron chi connectivity index (χ3n) is 4.01. The monoisotopic (exact) mass is 247 g/mol. The first kappa shape index (κ1) is 13.1. The van der Waals surface area contributed by atoms with Crippen molar-refractivity contribution in [2.75, 3.05) is 6.54 Å². The number of carboxylic acid groups (broad SMARTS) is 1. The highest BCUT2D eigenvalue weighted by molar-refractivity contribution is 5.89. The Kier molecular flexibility index (Phi) is 4.37. The average Bonchev–Trinajstić information content (AvgIpc) is 2.76. The molecule has 3 heteroatoms. The number of hydrogen-bond acceptors (Lipinski definition) is 2. The molecule has 2 unspecified atom stereocenters. The fraction of sp³-hybridized carbons (Fsp3) is 0.533. The van der Waals surface area contributed by atoms with Crippen molar-refractivity contribution in [2.45, 2.75) is 32.7 Å². The molecule has 1 aromatic carbocycles. The first-order chi connectivity index (χ1) is 8.68. The van der Waals surface area contributed by atoms with E-state index in [2.05, 4.69) is 12.2 Å². The summed E-state index contributed by atoms with van der Waals surface area (Å²) in [5, 5.41) is 12.5. The molecule has 98 valence electrons. The van der Waals surface area contributed by atoms with Gasteiger partial charge in [-0.05, 0) is 36.4 Å². The highest BCUT2D eigenvalue weighted by Crippen LogP contribution is 2.30. The van der Waals surface area contributed by atoms with Crippen molar-refractivity contribution in [1.29, 1.82) is 0 Å². The topological polar surface area (TPSA) is 49.3 Å². The molecule has 0 spiro atoms. The van der Waals surface area contributed by atoms with Crippen molar-refractivity contribution in [3.63, 3.8) is 0 Å². The number of benzene rings is 1. The first-order valence-electron chi connectivity index (χ1n) is 6.70. The Bertz CT molecular complexity index is 417. The van der Waals surface area contributed by atoms with Gasteiger partial charge in [0, 0.05) is 6.54 Å². The number of aromatic carboxylic acids is 1. The molecule has 2 N–H and O–H groups in total. The second kappa shape index (κ2) is 6.01.